The molecule has 4 heteroatoms. The van der Waals surface area contributed by atoms with Crippen LogP contribution in [0.2, 0.25) is 0 Å². The summed E-state index contributed by atoms with van der Waals surface area (Å²) in [6.07, 6.45) is 7.23. The van der Waals surface area contributed by atoms with Gasteiger partial charge in [-0.25, -0.2) is 0 Å². The van der Waals surface area contributed by atoms with Crippen LogP contribution in [-0.2, 0) is 25.9 Å². The Balaban J connectivity index is 0.00000180. The van der Waals surface area contributed by atoms with Crippen LogP contribution in [0.5, 0.6) is 0 Å². The fraction of sp³-hybridized carbons (Fsp3) is 0.333. The first kappa shape index (κ1) is 16.5. The summed E-state index contributed by atoms with van der Waals surface area (Å²) in [7, 11) is 0. The monoisotopic (exact) mass is 406 g/mol. The van der Waals surface area contributed by atoms with E-state index in [-0.39, 0.29) is 19.5 Å². The average Bonchev–Trinajstić information content (AvgIpc) is 2.39. The minimum Gasteiger partial charge on any atom is -0.255 e. The van der Waals surface area contributed by atoms with E-state index in [0.717, 1.165) is 23.1 Å². The van der Waals surface area contributed by atoms with Gasteiger partial charge in [0.2, 0.25) is 0 Å². The molecule has 0 bridgehead atoms. The Labute approximate surface area is 136 Å². The maximum Gasteiger partial charge on any atom is 2.00 e. The van der Waals surface area contributed by atoms with E-state index in [1.165, 1.54) is 24.0 Å². The Kier molecular flexibility index (Phi) is 7.41. The molecule has 0 radical (unpaired) electrons. The molecule has 0 aliphatic heterocycles. The molecule has 0 spiro atoms. The Hall–Kier alpha value is -0.597. The Morgan fingerprint density at radius 2 is 1.68 bits per heavy atom. The van der Waals surface area contributed by atoms with Gasteiger partial charge in [0.25, 0.3) is 0 Å². The van der Waals surface area contributed by atoms with Gasteiger partial charge in [0.15, 0.2) is 0 Å². The molecule has 0 atom stereocenters. The molecule has 2 nitrogen and oxygen atoms in total. The van der Waals surface area contributed by atoms with Crippen LogP contribution in [0.4, 0.5) is 0 Å². The number of rotatable bonds is 5. The smallest absolute Gasteiger partial charge is 0.255 e. The van der Waals surface area contributed by atoms with Crippen molar-refractivity contribution in [1.29, 1.82) is 0 Å². The number of pyridine rings is 2. The van der Waals surface area contributed by atoms with E-state index in [0.29, 0.717) is 0 Å². The summed E-state index contributed by atoms with van der Waals surface area (Å²) in [4.78, 5) is 8.78. The van der Waals surface area contributed by atoms with E-state index in [2.05, 4.69) is 51.0 Å². The second-order valence-electron chi connectivity index (χ2n) is 4.41. The quantitative estimate of drug-likeness (QED) is 0.423. The fourth-order valence-corrected chi connectivity index (χ4v) is 2.27. The molecule has 2 aromatic rings. The zero-order valence-corrected chi connectivity index (χ0v) is 14.2. The van der Waals surface area contributed by atoms with E-state index < -0.39 is 0 Å². The van der Waals surface area contributed by atoms with Crippen LogP contribution in [0.3, 0.4) is 0 Å². The largest absolute Gasteiger partial charge is 2.00 e. The molecule has 0 saturated carbocycles. The third-order valence-electron chi connectivity index (χ3n) is 2.85. The molecular weight excluding hydrogens is 389 g/mol. The second-order valence-corrected chi connectivity index (χ2v) is 5.21. The van der Waals surface area contributed by atoms with Gasteiger partial charge >= 0.3 is 19.5 Å². The second kappa shape index (κ2) is 8.55. The molecule has 0 unspecified atom stereocenters. The van der Waals surface area contributed by atoms with Crippen molar-refractivity contribution in [1.82, 2.24) is 9.97 Å². The Bertz CT molecular complexity index is 517. The molecule has 0 N–H and O–H groups in total. The number of hydrogen-bond donors (Lipinski definition) is 0. The van der Waals surface area contributed by atoms with E-state index in [1.807, 2.05) is 18.5 Å². The van der Waals surface area contributed by atoms with Gasteiger partial charge < -0.3 is 0 Å². The van der Waals surface area contributed by atoms with Crippen molar-refractivity contribution >= 4 is 15.9 Å². The van der Waals surface area contributed by atoms with Crippen molar-refractivity contribution in [2.45, 2.75) is 26.2 Å². The van der Waals surface area contributed by atoms with Crippen molar-refractivity contribution in [2.75, 3.05) is 5.33 Å². The fourth-order valence-electron chi connectivity index (χ4n) is 1.87. The molecule has 100 valence electrons. The molecule has 0 aliphatic rings. The molecule has 0 amide bonds. The van der Waals surface area contributed by atoms with Crippen LogP contribution in [0.25, 0.3) is 11.4 Å². The van der Waals surface area contributed by atoms with E-state index >= 15 is 0 Å². The number of unbranched alkanes of at least 4 members (excludes halogenated alkanes) is 1. The van der Waals surface area contributed by atoms with Crippen LogP contribution in [0.1, 0.15) is 24.0 Å². The van der Waals surface area contributed by atoms with Crippen LogP contribution < -0.4 is 0 Å². The van der Waals surface area contributed by atoms with Gasteiger partial charge in [-0.3, -0.25) is 9.97 Å². The van der Waals surface area contributed by atoms with Gasteiger partial charge in [-0.05, 0) is 61.6 Å². The topological polar surface area (TPSA) is 25.8 Å². The van der Waals surface area contributed by atoms with Gasteiger partial charge in [-0.15, -0.1) is 0 Å². The summed E-state index contributed by atoms with van der Waals surface area (Å²) >= 11 is 3.46. The molecule has 2 rings (SSSR count). The van der Waals surface area contributed by atoms with E-state index in [4.69, 9.17) is 0 Å². The minimum atomic E-state index is 0. The van der Waals surface area contributed by atoms with Gasteiger partial charge in [0.1, 0.15) is 0 Å². The molecule has 0 aliphatic carbocycles. The first-order valence-electron chi connectivity index (χ1n) is 6.23. The zero-order chi connectivity index (χ0) is 12.8. The van der Waals surface area contributed by atoms with E-state index in [9.17, 15) is 0 Å². The number of alkyl halides is 1. The minimum absolute atomic E-state index is 0. The number of hydrogen-bond acceptors (Lipinski definition) is 2. The summed E-state index contributed by atoms with van der Waals surface area (Å²) in [5, 5.41) is 1.07. The number of aromatic nitrogens is 2. The summed E-state index contributed by atoms with van der Waals surface area (Å²) in [5.41, 5.74) is 4.48. The Morgan fingerprint density at radius 3 is 2.37 bits per heavy atom. The normalized spacial score (nSPS) is 10.0. The summed E-state index contributed by atoms with van der Waals surface area (Å²) in [6.45, 7) is 2.07. The SMILES string of the molecule is Cc1ccnc(-c2cc(CCCCBr)ccn2)c1.[Ru+2]. The number of halogens is 1. The van der Waals surface area contributed by atoms with Gasteiger partial charge in [-0.2, -0.15) is 0 Å². The van der Waals surface area contributed by atoms with Crippen LogP contribution in [0.15, 0.2) is 36.7 Å². The first-order valence-corrected chi connectivity index (χ1v) is 7.35. The van der Waals surface area contributed by atoms with Gasteiger partial charge in [0.05, 0.1) is 11.4 Å². The Morgan fingerprint density at radius 1 is 1.00 bits per heavy atom. The third-order valence-corrected chi connectivity index (χ3v) is 3.41. The molecule has 0 fully saturated rings. The average molecular weight is 406 g/mol. The number of aryl methyl sites for hydroxylation is 2. The molecule has 0 aromatic carbocycles. The van der Waals surface area contributed by atoms with Crippen molar-refractivity contribution in [3.8, 4) is 11.4 Å². The maximum atomic E-state index is 4.41. The predicted octanol–water partition coefficient (Wildman–Crippen LogP) is 4.17. The molecule has 0 saturated heterocycles. The molecule has 2 aromatic heterocycles. The van der Waals surface area contributed by atoms with Crippen LogP contribution >= 0.6 is 15.9 Å². The summed E-state index contributed by atoms with van der Waals surface area (Å²) in [5.74, 6) is 0. The van der Waals surface area contributed by atoms with Crippen LogP contribution in [0, 0.1) is 6.92 Å². The standard InChI is InChI=1S/C15H17BrN2.Ru/c1-12-5-8-17-14(10-12)15-11-13(6-9-18-15)4-2-3-7-16;/h5-6,8-11H,2-4,7H2,1H3;/q;+2. The summed E-state index contributed by atoms with van der Waals surface area (Å²) < 4.78 is 0. The van der Waals surface area contributed by atoms with Crippen molar-refractivity contribution in [2.24, 2.45) is 0 Å². The van der Waals surface area contributed by atoms with Crippen molar-refractivity contribution in [3.63, 3.8) is 0 Å². The van der Waals surface area contributed by atoms with Crippen molar-refractivity contribution < 1.29 is 19.5 Å². The predicted molar refractivity (Wildman–Crippen MR) is 78.9 cm³/mol. The maximum absolute atomic E-state index is 4.41. The molecular formula is C15H17BrN2Ru+2. The zero-order valence-electron chi connectivity index (χ0n) is 10.9. The van der Waals surface area contributed by atoms with E-state index in [1.54, 1.807) is 0 Å². The molecule has 19 heavy (non-hydrogen) atoms. The van der Waals surface area contributed by atoms with Gasteiger partial charge in [-0.1, -0.05) is 15.9 Å². The molecule has 2 heterocycles. The first-order chi connectivity index (χ1) is 8.79. The third kappa shape index (κ3) is 5.12. The number of nitrogens with zero attached hydrogens (tertiary/aromatic N) is 2. The van der Waals surface area contributed by atoms with Crippen molar-refractivity contribution in [3.05, 3.63) is 47.8 Å². The van der Waals surface area contributed by atoms with Crippen LogP contribution in [-0.4, -0.2) is 15.3 Å². The van der Waals surface area contributed by atoms with Gasteiger partial charge in [0, 0.05) is 17.7 Å². The summed E-state index contributed by atoms with van der Waals surface area (Å²) in [6, 6.07) is 8.32.